The van der Waals surface area contributed by atoms with Gasteiger partial charge in [-0.05, 0) is 36.8 Å². The van der Waals surface area contributed by atoms with E-state index in [0.29, 0.717) is 0 Å². The molecule has 0 spiro atoms. The van der Waals surface area contributed by atoms with Crippen LogP contribution in [0.1, 0.15) is 16.6 Å². The maximum Gasteiger partial charge on any atom is 0.228 e. The molecule has 6 nitrogen and oxygen atoms in total. The molecule has 0 fully saturated rings. The molecule has 0 aliphatic carbocycles. The Hall–Kier alpha value is -2.15. The average Bonchev–Trinajstić information content (AvgIpc) is 2.89. The van der Waals surface area contributed by atoms with Crippen LogP contribution in [-0.2, 0) is 9.84 Å². The molecule has 0 amide bonds. The predicted octanol–water partition coefficient (Wildman–Crippen LogP) is 2.38. The van der Waals surface area contributed by atoms with Crippen LogP contribution >= 0.6 is 0 Å². The van der Waals surface area contributed by atoms with E-state index in [1.807, 2.05) is 0 Å². The topological polar surface area (TPSA) is 90.4 Å². The van der Waals surface area contributed by atoms with E-state index in [4.69, 9.17) is 4.42 Å². The molecule has 0 saturated carbocycles. The zero-order chi connectivity index (χ0) is 14.8. The first-order valence-corrected chi connectivity index (χ1v) is 7.41. The monoisotopic (exact) mass is 295 g/mol. The van der Waals surface area contributed by atoms with Gasteiger partial charge in [-0.1, -0.05) is 12.1 Å². The van der Waals surface area contributed by atoms with Gasteiger partial charge in [0, 0.05) is 4.92 Å². The standard InChI is InChI=1S/C13H13NO5S/c1-10-4-2-5-11(8-10)20(17,18)13(9-14(15)16)12-6-3-7-19-12/h2-8,13H,9H2,1H3. The zero-order valence-electron chi connectivity index (χ0n) is 10.7. The minimum atomic E-state index is -3.88. The summed E-state index contributed by atoms with van der Waals surface area (Å²) >= 11 is 0. The molecule has 1 unspecified atom stereocenters. The van der Waals surface area contributed by atoms with Crippen molar-refractivity contribution < 1.29 is 17.8 Å². The van der Waals surface area contributed by atoms with Crippen LogP contribution in [0, 0.1) is 17.0 Å². The highest BCUT2D eigenvalue weighted by Crippen LogP contribution is 2.29. The summed E-state index contributed by atoms with van der Waals surface area (Å²) in [5.74, 6) is 0.0724. The number of nitrogens with zero attached hydrogens (tertiary/aromatic N) is 1. The molecule has 1 heterocycles. The second-order valence-corrected chi connectivity index (χ2v) is 6.51. The Morgan fingerprint density at radius 2 is 2.05 bits per heavy atom. The maximum absolute atomic E-state index is 12.6. The Labute approximate surface area is 116 Å². The van der Waals surface area contributed by atoms with E-state index in [-0.39, 0.29) is 10.7 Å². The number of benzene rings is 1. The van der Waals surface area contributed by atoms with Gasteiger partial charge in [0.1, 0.15) is 5.76 Å². The van der Waals surface area contributed by atoms with Crippen molar-refractivity contribution in [3.63, 3.8) is 0 Å². The Balaban J connectivity index is 2.50. The van der Waals surface area contributed by atoms with E-state index >= 15 is 0 Å². The molecule has 20 heavy (non-hydrogen) atoms. The molecule has 0 aliphatic rings. The Morgan fingerprint density at radius 3 is 2.60 bits per heavy atom. The Bertz CT molecular complexity index is 706. The highest BCUT2D eigenvalue weighted by atomic mass is 32.2. The molecule has 1 aromatic heterocycles. The lowest BCUT2D eigenvalue weighted by atomic mass is 10.2. The van der Waals surface area contributed by atoms with Crippen molar-refractivity contribution in [1.29, 1.82) is 0 Å². The number of hydrogen-bond donors (Lipinski definition) is 0. The van der Waals surface area contributed by atoms with Gasteiger partial charge in [-0.3, -0.25) is 10.1 Å². The van der Waals surface area contributed by atoms with Crippen LogP contribution < -0.4 is 0 Å². The number of hydrogen-bond acceptors (Lipinski definition) is 5. The molecular formula is C13H13NO5S. The SMILES string of the molecule is Cc1cccc(S(=O)(=O)C(C[N+](=O)[O-])c2ccco2)c1. The summed E-state index contributed by atoms with van der Waals surface area (Å²) in [6, 6.07) is 9.22. The summed E-state index contributed by atoms with van der Waals surface area (Å²) in [5, 5.41) is 9.42. The fourth-order valence-corrected chi connectivity index (χ4v) is 3.61. The molecule has 0 saturated heterocycles. The van der Waals surface area contributed by atoms with Gasteiger partial charge in [-0.15, -0.1) is 0 Å². The third-order valence-corrected chi connectivity index (χ3v) is 4.91. The lowest BCUT2D eigenvalue weighted by molar-refractivity contribution is -0.480. The van der Waals surface area contributed by atoms with Gasteiger partial charge in [0.25, 0.3) is 0 Å². The van der Waals surface area contributed by atoms with E-state index in [2.05, 4.69) is 0 Å². The zero-order valence-corrected chi connectivity index (χ0v) is 11.5. The number of sulfone groups is 1. The van der Waals surface area contributed by atoms with Crippen LogP contribution in [0.3, 0.4) is 0 Å². The summed E-state index contributed by atoms with van der Waals surface area (Å²) in [6.07, 6.45) is 1.30. The van der Waals surface area contributed by atoms with Crippen LogP contribution in [-0.4, -0.2) is 19.9 Å². The molecule has 0 radical (unpaired) electrons. The fourth-order valence-electron chi connectivity index (χ4n) is 1.91. The second-order valence-electron chi connectivity index (χ2n) is 4.38. The highest BCUT2D eigenvalue weighted by Gasteiger charge is 2.35. The van der Waals surface area contributed by atoms with E-state index < -0.39 is 26.6 Å². The van der Waals surface area contributed by atoms with Crippen molar-refractivity contribution in [1.82, 2.24) is 0 Å². The van der Waals surface area contributed by atoms with Gasteiger partial charge in [0.05, 0.1) is 11.2 Å². The van der Waals surface area contributed by atoms with E-state index in [0.717, 1.165) is 5.56 Å². The molecule has 106 valence electrons. The summed E-state index contributed by atoms with van der Waals surface area (Å²) in [4.78, 5) is 10.2. The number of rotatable bonds is 5. The van der Waals surface area contributed by atoms with Crippen molar-refractivity contribution in [3.05, 3.63) is 64.1 Å². The second kappa shape index (κ2) is 5.46. The molecule has 1 atom stereocenters. The molecule has 0 N–H and O–H groups in total. The maximum atomic E-state index is 12.6. The minimum Gasteiger partial charge on any atom is -0.468 e. The van der Waals surface area contributed by atoms with Gasteiger partial charge in [0.2, 0.25) is 6.54 Å². The van der Waals surface area contributed by atoms with Crippen molar-refractivity contribution in [2.24, 2.45) is 0 Å². The molecule has 1 aromatic carbocycles. The van der Waals surface area contributed by atoms with E-state index in [9.17, 15) is 18.5 Å². The summed E-state index contributed by atoms with van der Waals surface area (Å²) in [7, 11) is -3.88. The third-order valence-electron chi connectivity index (χ3n) is 2.87. The smallest absolute Gasteiger partial charge is 0.228 e. The van der Waals surface area contributed by atoms with Crippen LogP contribution in [0.15, 0.2) is 52.0 Å². The average molecular weight is 295 g/mol. The van der Waals surface area contributed by atoms with Gasteiger partial charge in [-0.25, -0.2) is 8.42 Å². The van der Waals surface area contributed by atoms with Crippen molar-refractivity contribution >= 4 is 9.84 Å². The van der Waals surface area contributed by atoms with Crippen LogP contribution in [0.2, 0.25) is 0 Å². The molecule has 2 rings (SSSR count). The predicted molar refractivity (Wildman–Crippen MR) is 71.7 cm³/mol. The largest absolute Gasteiger partial charge is 0.468 e. The number of nitro groups is 1. The van der Waals surface area contributed by atoms with Crippen molar-refractivity contribution in [3.8, 4) is 0 Å². The quantitative estimate of drug-likeness (QED) is 0.624. The van der Waals surface area contributed by atoms with Crippen molar-refractivity contribution in [2.45, 2.75) is 17.1 Å². The highest BCUT2D eigenvalue weighted by molar-refractivity contribution is 7.91. The lowest BCUT2D eigenvalue weighted by Crippen LogP contribution is -2.21. The van der Waals surface area contributed by atoms with Gasteiger partial charge in [-0.2, -0.15) is 0 Å². The Kier molecular flexibility index (Phi) is 3.89. The molecule has 2 aromatic rings. The number of aryl methyl sites for hydroxylation is 1. The van der Waals surface area contributed by atoms with Gasteiger partial charge in [0.15, 0.2) is 15.1 Å². The van der Waals surface area contributed by atoms with Gasteiger partial charge >= 0.3 is 0 Å². The molecular weight excluding hydrogens is 282 g/mol. The minimum absolute atomic E-state index is 0.0563. The van der Waals surface area contributed by atoms with Crippen LogP contribution in [0.5, 0.6) is 0 Å². The van der Waals surface area contributed by atoms with E-state index in [1.54, 1.807) is 19.1 Å². The first kappa shape index (κ1) is 14.3. The molecule has 0 bridgehead atoms. The molecule has 7 heteroatoms. The molecule has 0 aliphatic heterocycles. The summed E-state index contributed by atoms with van der Waals surface area (Å²) in [5.41, 5.74) is 0.769. The van der Waals surface area contributed by atoms with Crippen molar-refractivity contribution in [2.75, 3.05) is 6.54 Å². The lowest BCUT2D eigenvalue weighted by Gasteiger charge is -2.12. The summed E-state index contributed by atoms with van der Waals surface area (Å²) in [6.45, 7) is 1.03. The normalized spacial score (nSPS) is 13.1. The number of furan rings is 1. The third kappa shape index (κ3) is 2.88. The van der Waals surface area contributed by atoms with Crippen LogP contribution in [0.25, 0.3) is 0 Å². The van der Waals surface area contributed by atoms with Crippen LogP contribution in [0.4, 0.5) is 0 Å². The Morgan fingerprint density at radius 1 is 1.30 bits per heavy atom. The fraction of sp³-hybridized carbons (Fsp3) is 0.231. The van der Waals surface area contributed by atoms with E-state index in [1.165, 1.54) is 30.5 Å². The first-order chi connectivity index (χ1) is 9.41. The first-order valence-electron chi connectivity index (χ1n) is 5.87. The summed E-state index contributed by atoms with van der Waals surface area (Å²) < 4.78 is 30.2. The van der Waals surface area contributed by atoms with Gasteiger partial charge < -0.3 is 4.42 Å².